The van der Waals surface area contributed by atoms with Crippen LogP contribution in [0.25, 0.3) is 5.78 Å². The van der Waals surface area contributed by atoms with E-state index in [2.05, 4.69) is 20.4 Å². The molecule has 10 heteroatoms. The minimum absolute atomic E-state index is 0.191. The molecule has 0 unspecified atom stereocenters. The molecule has 9 nitrogen and oxygen atoms in total. The van der Waals surface area contributed by atoms with Gasteiger partial charge in [-0.15, -0.1) is 0 Å². The van der Waals surface area contributed by atoms with Crippen LogP contribution >= 0.6 is 0 Å². The Morgan fingerprint density at radius 1 is 1.12 bits per heavy atom. The Bertz CT molecular complexity index is 1340. The van der Waals surface area contributed by atoms with Crippen LogP contribution in [0, 0.1) is 6.92 Å². The van der Waals surface area contributed by atoms with Crippen molar-refractivity contribution < 1.29 is 13.2 Å². The molecule has 0 bridgehead atoms. The fraction of sp³-hybridized carbons (Fsp3) is 0.273. The molecule has 0 fully saturated rings. The van der Waals surface area contributed by atoms with Crippen LogP contribution < -0.4 is 5.32 Å². The monoisotopic (exact) mass is 454 g/mol. The summed E-state index contributed by atoms with van der Waals surface area (Å²) in [6.45, 7) is 5.97. The molecule has 3 aromatic heterocycles. The van der Waals surface area contributed by atoms with E-state index in [-0.39, 0.29) is 16.6 Å². The van der Waals surface area contributed by atoms with Gasteiger partial charge in [0, 0.05) is 55.7 Å². The number of sulfone groups is 1. The number of hydrogen-bond acceptors (Lipinski definition) is 6. The van der Waals surface area contributed by atoms with Gasteiger partial charge in [0.15, 0.2) is 9.84 Å². The number of aryl methyl sites for hydroxylation is 2. The van der Waals surface area contributed by atoms with E-state index in [0.29, 0.717) is 29.1 Å². The minimum atomic E-state index is -3.57. The topological polar surface area (TPSA) is 111 Å². The van der Waals surface area contributed by atoms with E-state index in [1.807, 2.05) is 20.0 Å². The number of imidazole rings is 1. The summed E-state index contributed by atoms with van der Waals surface area (Å²) in [4.78, 5) is 21.0. The third-order valence-electron chi connectivity index (χ3n) is 4.63. The molecule has 1 aromatic carbocycles. The van der Waals surface area contributed by atoms with E-state index < -0.39 is 9.84 Å². The number of benzene rings is 1. The Labute approximate surface area is 187 Å². The molecule has 0 saturated heterocycles. The average molecular weight is 455 g/mol. The summed E-state index contributed by atoms with van der Waals surface area (Å²) in [7, 11) is -1.83. The number of carbonyl (C=O) groups excluding carboxylic acids is 1. The number of carbonyl (C=O) groups is 1. The Balaban J connectivity index is 0.00000141. The van der Waals surface area contributed by atoms with Crippen LogP contribution in [0.4, 0.5) is 0 Å². The molecule has 168 valence electrons. The van der Waals surface area contributed by atoms with Crippen LogP contribution in [0.5, 0.6) is 0 Å². The second-order valence-electron chi connectivity index (χ2n) is 7.00. The Kier molecular flexibility index (Phi) is 7.04. The van der Waals surface area contributed by atoms with Crippen molar-refractivity contribution in [3.05, 3.63) is 77.6 Å². The van der Waals surface area contributed by atoms with Crippen LogP contribution in [0.15, 0.2) is 60.1 Å². The zero-order valence-corrected chi connectivity index (χ0v) is 19.3. The number of aromatic nitrogens is 5. The van der Waals surface area contributed by atoms with E-state index in [1.165, 1.54) is 12.1 Å². The zero-order valence-electron chi connectivity index (χ0n) is 18.5. The lowest BCUT2D eigenvalue weighted by atomic mass is 10.1. The van der Waals surface area contributed by atoms with Gasteiger partial charge in [0.2, 0.25) is 5.78 Å². The lowest BCUT2D eigenvalue weighted by Gasteiger charge is -2.10. The number of hydrogen-bond donors (Lipinski definition) is 1. The first-order chi connectivity index (χ1) is 15.3. The van der Waals surface area contributed by atoms with Crippen molar-refractivity contribution in [1.82, 2.24) is 29.5 Å². The summed E-state index contributed by atoms with van der Waals surface area (Å²) in [5, 5.41) is 6.95. The van der Waals surface area contributed by atoms with Gasteiger partial charge in [0.1, 0.15) is 0 Å². The molecule has 32 heavy (non-hydrogen) atoms. The smallest absolute Gasteiger partial charge is 0.251 e. The predicted molar refractivity (Wildman–Crippen MR) is 121 cm³/mol. The molecule has 0 spiro atoms. The molecule has 0 atom stereocenters. The predicted octanol–water partition coefficient (Wildman–Crippen LogP) is 2.70. The van der Waals surface area contributed by atoms with Crippen LogP contribution in [0.1, 0.15) is 41.0 Å². The molecule has 0 aliphatic heterocycles. The van der Waals surface area contributed by atoms with Crippen LogP contribution in [0.2, 0.25) is 0 Å². The van der Waals surface area contributed by atoms with Crippen molar-refractivity contribution in [3.63, 3.8) is 0 Å². The lowest BCUT2D eigenvalue weighted by molar-refractivity contribution is 0.0950. The number of nitrogens with one attached hydrogen (secondary N) is 1. The van der Waals surface area contributed by atoms with Gasteiger partial charge in [-0.25, -0.2) is 18.4 Å². The van der Waals surface area contributed by atoms with Gasteiger partial charge >= 0.3 is 0 Å². The molecule has 0 aliphatic rings. The zero-order chi connectivity index (χ0) is 23.3. The molecule has 3 heterocycles. The second-order valence-corrected chi connectivity index (χ2v) is 8.96. The van der Waals surface area contributed by atoms with Crippen molar-refractivity contribution in [2.75, 3.05) is 0 Å². The third kappa shape index (κ3) is 5.20. The van der Waals surface area contributed by atoms with Gasteiger partial charge in [-0.1, -0.05) is 13.8 Å². The molecule has 0 radical (unpaired) electrons. The van der Waals surface area contributed by atoms with Crippen molar-refractivity contribution in [2.45, 2.75) is 38.0 Å². The Morgan fingerprint density at radius 2 is 1.91 bits per heavy atom. The van der Waals surface area contributed by atoms with E-state index in [9.17, 15) is 13.2 Å². The normalized spacial score (nSPS) is 11.1. The van der Waals surface area contributed by atoms with E-state index in [0.717, 1.165) is 5.56 Å². The number of rotatable bonds is 6. The van der Waals surface area contributed by atoms with Crippen molar-refractivity contribution in [2.24, 2.45) is 7.05 Å². The SMILES string of the molecule is CC.Cc1cc(C(=O)NCc2cnc3nccn3c2)ccc1S(=O)(=O)Cc1ccn(C)n1. The molecule has 4 rings (SSSR count). The summed E-state index contributed by atoms with van der Waals surface area (Å²) < 4.78 is 28.8. The molecular weight excluding hydrogens is 428 g/mol. The highest BCUT2D eigenvalue weighted by Crippen LogP contribution is 2.21. The van der Waals surface area contributed by atoms with Crippen molar-refractivity contribution in [3.8, 4) is 0 Å². The highest BCUT2D eigenvalue weighted by Gasteiger charge is 2.20. The van der Waals surface area contributed by atoms with Crippen molar-refractivity contribution in [1.29, 1.82) is 0 Å². The third-order valence-corrected chi connectivity index (χ3v) is 6.43. The standard InChI is InChI=1S/C20H20N6O3S.C2H6/c1-14-9-16(3-4-18(14)30(28,29)13-17-5-7-25(2)24-17)19(27)22-10-15-11-23-20-21-6-8-26(20)12-15;1-2/h3-9,11-12H,10,13H2,1-2H3,(H,22,27);1-2H3. The minimum Gasteiger partial charge on any atom is -0.348 e. The maximum atomic E-state index is 12.7. The van der Waals surface area contributed by atoms with Gasteiger partial charge in [-0.05, 0) is 36.8 Å². The van der Waals surface area contributed by atoms with Gasteiger partial charge in [-0.2, -0.15) is 5.10 Å². The van der Waals surface area contributed by atoms with E-state index in [4.69, 9.17) is 0 Å². The van der Waals surface area contributed by atoms with Crippen molar-refractivity contribution >= 4 is 21.5 Å². The molecular formula is C22H26N6O3S. The summed E-state index contributed by atoms with van der Waals surface area (Å²) >= 11 is 0. The van der Waals surface area contributed by atoms with E-state index in [1.54, 1.807) is 60.0 Å². The molecule has 1 N–H and O–H groups in total. The van der Waals surface area contributed by atoms with Gasteiger partial charge in [-0.3, -0.25) is 13.9 Å². The first kappa shape index (κ1) is 23.1. The van der Waals surface area contributed by atoms with E-state index >= 15 is 0 Å². The summed E-state index contributed by atoms with van der Waals surface area (Å²) in [5.41, 5.74) is 2.20. The summed E-state index contributed by atoms with van der Waals surface area (Å²) in [6, 6.07) is 6.25. The number of nitrogens with zero attached hydrogens (tertiary/aromatic N) is 5. The molecule has 0 aliphatic carbocycles. The fourth-order valence-corrected chi connectivity index (χ4v) is 4.71. The highest BCUT2D eigenvalue weighted by atomic mass is 32.2. The number of amides is 1. The van der Waals surface area contributed by atoms with Crippen LogP contribution in [-0.4, -0.2) is 38.5 Å². The maximum absolute atomic E-state index is 12.7. The molecule has 1 amide bonds. The summed E-state index contributed by atoms with van der Waals surface area (Å²) in [6.07, 6.45) is 8.62. The summed E-state index contributed by atoms with van der Waals surface area (Å²) in [5.74, 6) is 0.102. The Hall–Kier alpha value is -3.53. The highest BCUT2D eigenvalue weighted by molar-refractivity contribution is 7.90. The quantitative estimate of drug-likeness (QED) is 0.479. The molecule has 0 saturated carbocycles. The fourth-order valence-electron chi connectivity index (χ4n) is 3.19. The second kappa shape index (κ2) is 9.73. The maximum Gasteiger partial charge on any atom is 0.251 e. The first-order valence-electron chi connectivity index (χ1n) is 10.2. The molecule has 4 aromatic rings. The largest absolute Gasteiger partial charge is 0.348 e. The Morgan fingerprint density at radius 3 is 2.59 bits per heavy atom. The van der Waals surface area contributed by atoms with Gasteiger partial charge in [0.05, 0.1) is 16.3 Å². The lowest BCUT2D eigenvalue weighted by Crippen LogP contribution is -2.23. The van der Waals surface area contributed by atoms with Crippen LogP contribution in [-0.2, 0) is 29.2 Å². The number of fused-ring (bicyclic) bond motifs is 1. The average Bonchev–Trinajstić information content (AvgIpc) is 3.40. The van der Waals surface area contributed by atoms with Gasteiger partial charge in [0.25, 0.3) is 5.91 Å². The first-order valence-corrected chi connectivity index (χ1v) is 11.8. The van der Waals surface area contributed by atoms with Crippen LogP contribution in [0.3, 0.4) is 0 Å². The van der Waals surface area contributed by atoms with Gasteiger partial charge < -0.3 is 5.32 Å².